The van der Waals surface area contributed by atoms with E-state index in [9.17, 15) is 9.50 Å². The fourth-order valence-electron chi connectivity index (χ4n) is 2.81. The second kappa shape index (κ2) is 5.06. The maximum atomic E-state index is 13.2. The average molecular weight is 321 g/mol. The summed E-state index contributed by atoms with van der Waals surface area (Å²) in [5.74, 6) is -0.0752. The molecule has 2 aromatic carbocycles. The fraction of sp³-hybridized carbons (Fsp3) is 0.250. The Labute approximate surface area is 120 Å². The Morgan fingerprint density at radius 1 is 1.21 bits per heavy atom. The van der Waals surface area contributed by atoms with E-state index in [1.807, 2.05) is 18.2 Å². The van der Waals surface area contributed by atoms with E-state index in [4.69, 9.17) is 0 Å². The summed E-state index contributed by atoms with van der Waals surface area (Å²) in [4.78, 5) is 0. The normalized spacial score (nSPS) is 21.4. The van der Waals surface area contributed by atoms with Gasteiger partial charge >= 0.3 is 0 Å². The highest BCUT2D eigenvalue weighted by Gasteiger charge is 2.30. The zero-order valence-electron chi connectivity index (χ0n) is 10.3. The molecule has 0 saturated heterocycles. The summed E-state index contributed by atoms with van der Waals surface area (Å²) in [6.45, 7) is 0. The Morgan fingerprint density at radius 3 is 2.74 bits per heavy atom. The van der Waals surface area contributed by atoms with Crippen molar-refractivity contribution in [3.8, 4) is 0 Å². The number of hydrogen-bond donors (Lipinski definition) is 1. The van der Waals surface area contributed by atoms with Gasteiger partial charge in [-0.25, -0.2) is 4.39 Å². The second-order valence-electron chi connectivity index (χ2n) is 5.06. The molecule has 98 valence electrons. The van der Waals surface area contributed by atoms with Crippen molar-refractivity contribution in [2.45, 2.75) is 18.9 Å². The zero-order chi connectivity index (χ0) is 13.4. The Balaban J connectivity index is 1.80. The minimum Gasteiger partial charge on any atom is -0.388 e. The van der Waals surface area contributed by atoms with Crippen LogP contribution in [0.4, 0.5) is 4.39 Å². The molecule has 1 aliphatic carbocycles. The first-order valence-corrected chi connectivity index (χ1v) is 7.14. The van der Waals surface area contributed by atoms with Crippen molar-refractivity contribution in [2.75, 3.05) is 0 Å². The monoisotopic (exact) mass is 320 g/mol. The van der Waals surface area contributed by atoms with Crippen LogP contribution in [0.15, 0.2) is 46.9 Å². The SMILES string of the molecule is OC1c2ccccc2CC1Cc1ccc(F)c(Br)c1. The van der Waals surface area contributed by atoms with E-state index >= 15 is 0 Å². The number of fused-ring (bicyclic) bond motifs is 1. The summed E-state index contributed by atoms with van der Waals surface area (Å²) >= 11 is 3.20. The van der Waals surface area contributed by atoms with E-state index in [0.717, 1.165) is 24.0 Å². The quantitative estimate of drug-likeness (QED) is 0.885. The Morgan fingerprint density at radius 2 is 2.00 bits per heavy atom. The van der Waals surface area contributed by atoms with Crippen LogP contribution in [0.5, 0.6) is 0 Å². The third-order valence-corrected chi connectivity index (χ3v) is 4.39. The predicted molar refractivity (Wildman–Crippen MR) is 76.4 cm³/mol. The van der Waals surface area contributed by atoms with Gasteiger partial charge in [0.1, 0.15) is 5.82 Å². The molecule has 0 radical (unpaired) electrons. The minimum atomic E-state index is -0.417. The molecule has 0 amide bonds. The first kappa shape index (κ1) is 12.8. The van der Waals surface area contributed by atoms with E-state index in [0.29, 0.717) is 4.47 Å². The predicted octanol–water partition coefficient (Wildman–Crippen LogP) is 4.04. The van der Waals surface area contributed by atoms with Crippen LogP contribution in [-0.4, -0.2) is 5.11 Å². The Bertz CT molecular complexity index is 611. The molecule has 1 aliphatic rings. The third kappa shape index (κ3) is 2.45. The van der Waals surface area contributed by atoms with Crippen molar-refractivity contribution in [3.05, 3.63) is 69.4 Å². The Hall–Kier alpha value is -1.19. The third-order valence-electron chi connectivity index (χ3n) is 3.78. The van der Waals surface area contributed by atoms with Crippen molar-refractivity contribution in [1.29, 1.82) is 0 Å². The van der Waals surface area contributed by atoms with Gasteiger partial charge in [-0.3, -0.25) is 0 Å². The number of hydrogen-bond acceptors (Lipinski definition) is 1. The molecule has 0 bridgehead atoms. The van der Waals surface area contributed by atoms with Crippen LogP contribution in [-0.2, 0) is 12.8 Å². The summed E-state index contributed by atoms with van der Waals surface area (Å²) in [6.07, 6.45) is 1.22. The second-order valence-corrected chi connectivity index (χ2v) is 5.91. The molecule has 0 fully saturated rings. The number of halogens is 2. The summed E-state index contributed by atoms with van der Waals surface area (Å²) < 4.78 is 13.7. The van der Waals surface area contributed by atoms with Gasteiger partial charge < -0.3 is 5.11 Å². The van der Waals surface area contributed by atoms with Gasteiger partial charge in [0.15, 0.2) is 0 Å². The molecule has 0 aromatic heterocycles. The molecule has 3 heteroatoms. The van der Waals surface area contributed by atoms with Crippen LogP contribution in [0.3, 0.4) is 0 Å². The lowest BCUT2D eigenvalue weighted by Gasteiger charge is -2.15. The van der Waals surface area contributed by atoms with Crippen molar-refractivity contribution >= 4 is 15.9 Å². The average Bonchev–Trinajstić information content (AvgIpc) is 2.72. The molecule has 0 spiro atoms. The molecule has 1 nitrogen and oxygen atoms in total. The molecule has 0 heterocycles. The molecule has 3 rings (SSSR count). The van der Waals surface area contributed by atoms with Gasteiger partial charge in [0, 0.05) is 0 Å². The van der Waals surface area contributed by atoms with Crippen molar-refractivity contribution in [3.63, 3.8) is 0 Å². The molecular formula is C16H14BrFO. The lowest BCUT2D eigenvalue weighted by atomic mass is 9.95. The van der Waals surface area contributed by atoms with Gasteiger partial charge in [0.2, 0.25) is 0 Å². The van der Waals surface area contributed by atoms with Crippen molar-refractivity contribution in [1.82, 2.24) is 0 Å². The first-order valence-electron chi connectivity index (χ1n) is 6.35. The summed E-state index contributed by atoms with van der Waals surface area (Å²) in [5.41, 5.74) is 3.31. The number of aliphatic hydroxyl groups excluding tert-OH is 1. The Kier molecular flexibility index (Phi) is 3.42. The zero-order valence-corrected chi connectivity index (χ0v) is 11.9. The molecule has 2 unspecified atom stereocenters. The molecule has 2 aromatic rings. The van der Waals surface area contributed by atoms with Crippen LogP contribution in [0.25, 0.3) is 0 Å². The summed E-state index contributed by atoms with van der Waals surface area (Å²) in [5, 5.41) is 10.3. The lowest BCUT2D eigenvalue weighted by molar-refractivity contribution is 0.123. The van der Waals surface area contributed by atoms with Crippen molar-refractivity contribution < 1.29 is 9.50 Å². The van der Waals surface area contributed by atoms with Gasteiger partial charge in [-0.05, 0) is 63.5 Å². The summed E-state index contributed by atoms with van der Waals surface area (Å²) in [7, 11) is 0. The number of rotatable bonds is 2. The number of benzene rings is 2. The van der Waals surface area contributed by atoms with Crippen LogP contribution in [0.1, 0.15) is 22.8 Å². The van der Waals surface area contributed by atoms with E-state index in [-0.39, 0.29) is 11.7 Å². The highest BCUT2D eigenvalue weighted by atomic mass is 79.9. The number of aliphatic hydroxyl groups is 1. The van der Waals surface area contributed by atoms with E-state index in [1.165, 1.54) is 11.6 Å². The first-order chi connectivity index (χ1) is 9.15. The van der Waals surface area contributed by atoms with E-state index < -0.39 is 6.10 Å². The molecule has 19 heavy (non-hydrogen) atoms. The maximum Gasteiger partial charge on any atom is 0.137 e. The lowest BCUT2D eigenvalue weighted by Crippen LogP contribution is -2.10. The largest absolute Gasteiger partial charge is 0.388 e. The maximum absolute atomic E-state index is 13.2. The molecular weight excluding hydrogens is 307 g/mol. The van der Waals surface area contributed by atoms with Gasteiger partial charge in [-0.1, -0.05) is 30.3 Å². The van der Waals surface area contributed by atoms with Crippen LogP contribution >= 0.6 is 15.9 Å². The smallest absolute Gasteiger partial charge is 0.137 e. The molecule has 2 atom stereocenters. The standard InChI is InChI=1S/C16H14BrFO/c17-14-8-10(5-6-15(14)18)7-12-9-11-3-1-2-4-13(11)16(12)19/h1-6,8,12,16,19H,7,9H2. The van der Waals surface area contributed by atoms with Gasteiger partial charge in [0.05, 0.1) is 10.6 Å². The van der Waals surface area contributed by atoms with Gasteiger partial charge in [-0.2, -0.15) is 0 Å². The van der Waals surface area contributed by atoms with Crippen LogP contribution in [0.2, 0.25) is 0 Å². The van der Waals surface area contributed by atoms with Crippen LogP contribution < -0.4 is 0 Å². The van der Waals surface area contributed by atoms with E-state index in [1.54, 1.807) is 12.1 Å². The highest BCUT2D eigenvalue weighted by Crippen LogP contribution is 2.37. The van der Waals surface area contributed by atoms with Gasteiger partial charge in [0.25, 0.3) is 0 Å². The molecule has 1 N–H and O–H groups in total. The molecule has 0 saturated carbocycles. The highest BCUT2D eigenvalue weighted by molar-refractivity contribution is 9.10. The van der Waals surface area contributed by atoms with Crippen LogP contribution in [0, 0.1) is 11.7 Å². The van der Waals surface area contributed by atoms with Crippen molar-refractivity contribution in [2.24, 2.45) is 5.92 Å². The van der Waals surface area contributed by atoms with E-state index in [2.05, 4.69) is 22.0 Å². The topological polar surface area (TPSA) is 20.2 Å². The summed E-state index contributed by atoms with van der Waals surface area (Å²) in [6, 6.07) is 13.1. The molecule has 0 aliphatic heterocycles. The minimum absolute atomic E-state index is 0.176. The van der Waals surface area contributed by atoms with Gasteiger partial charge in [-0.15, -0.1) is 0 Å². The fourth-order valence-corrected chi connectivity index (χ4v) is 3.24.